The largest absolute Gasteiger partial charge is 0.384 e. The molecular formula is C7H3F11OSi. The Morgan fingerprint density at radius 3 is 1.05 bits per heavy atom. The lowest BCUT2D eigenvalue weighted by Gasteiger charge is -2.51. The zero-order chi connectivity index (χ0) is 16.4. The van der Waals surface area contributed by atoms with E-state index in [2.05, 4.69) is 4.43 Å². The standard InChI is InChI=1S/C7H3F11OSi/c1-20-19-7(18)5(14,15)3(10,11)2(8,9)4(12,13)6(7,16)17/h1H3. The van der Waals surface area contributed by atoms with Crippen LogP contribution in [0, 0.1) is 0 Å². The highest BCUT2D eigenvalue weighted by Crippen LogP contribution is 2.69. The Labute approximate surface area is 106 Å². The predicted molar refractivity (Wildman–Crippen MR) is 41.3 cm³/mol. The molecule has 20 heavy (non-hydrogen) atoms. The highest BCUT2D eigenvalue weighted by Gasteiger charge is 3.01. The molecule has 1 aliphatic carbocycles. The van der Waals surface area contributed by atoms with Crippen LogP contribution in [0.2, 0.25) is 6.55 Å². The minimum atomic E-state index is -7.19. The summed E-state index contributed by atoms with van der Waals surface area (Å²) in [7, 11) is -1.72. The highest BCUT2D eigenvalue weighted by atomic mass is 28.2. The summed E-state index contributed by atoms with van der Waals surface area (Å²) >= 11 is 0. The number of halogens is 11. The summed E-state index contributed by atoms with van der Waals surface area (Å²) < 4.78 is 145. The molecule has 2 radical (unpaired) electrons. The lowest BCUT2D eigenvalue weighted by molar-refractivity contribution is -0.514. The molecule has 0 heterocycles. The van der Waals surface area contributed by atoms with Crippen molar-refractivity contribution in [1.29, 1.82) is 0 Å². The van der Waals surface area contributed by atoms with Crippen LogP contribution in [0.5, 0.6) is 0 Å². The molecule has 0 aliphatic heterocycles. The molecule has 0 saturated heterocycles. The van der Waals surface area contributed by atoms with Gasteiger partial charge in [-0.2, -0.15) is 48.3 Å². The van der Waals surface area contributed by atoms with Crippen molar-refractivity contribution >= 4 is 9.76 Å². The van der Waals surface area contributed by atoms with Gasteiger partial charge in [0.15, 0.2) is 0 Å². The first-order valence-electron chi connectivity index (χ1n) is 4.49. The lowest BCUT2D eigenvalue weighted by Crippen LogP contribution is -2.84. The van der Waals surface area contributed by atoms with Gasteiger partial charge in [-0.15, -0.1) is 0 Å². The van der Waals surface area contributed by atoms with E-state index in [0.717, 1.165) is 0 Å². The number of hydrogen-bond donors (Lipinski definition) is 0. The Bertz CT molecular complexity index is 376. The van der Waals surface area contributed by atoms with Gasteiger partial charge in [-0.1, -0.05) is 0 Å². The molecule has 1 fully saturated rings. The van der Waals surface area contributed by atoms with Crippen LogP contribution in [0.3, 0.4) is 0 Å². The molecule has 0 bridgehead atoms. The van der Waals surface area contributed by atoms with Crippen molar-refractivity contribution < 1.29 is 52.7 Å². The average molecular weight is 340 g/mol. The van der Waals surface area contributed by atoms with Crippen LogP contribution in [0.25, 0.3) is 0 Å². The third kappa shape index (κ3) is 1.42. The normalized spacial score (nSPS) is 31.8. The molecule has 0 N–H and O–H groups in total. The Morgan fingerprint density at radius 2 is 0.800 bits per heavy atom. The third-order valence-electron chi connectivity index (χ3n) is 2.63. The second kappa shape index (κ2) is 3.99. The molecule has 0 aromatic heterocycles. The average Bonchev–Trinajstić information content (AvgIpc) is 2.26. The summed E-state index contributed by atoms with van der Waals surface area (Å²) in [6, 6.07) is 0. The van der Waals surface area contributed by atoms with Crippen LogP contribution in [-0.4, -0.2) is 45.2 Å². The first kappa shape index (κ1) is 17.5. The van der Waals surface area contributed by atoms with Crippen LogP contribution >= 0.6 is 0 Å². The maximum Gasteiger partial charge on any atom is 0.384 e. The first-order chi connectivity index (χ1) is 8.56. The maximum absolute atomic E-state index is 13.5. The van der Waals surface area contributed by atoms with E-state index in [4.69, 9.17) is 0 Å². The Kier molecular flexibility index (Phi) is 3.48. The van der Waals surface area contributed by atoms with E-state index in [1.165, 1.54) is 0 Å². The van der Waals surface area contributed by atoms with Gasteiger partial charge in [0.2, 0.25) is 9.76 Å². The molecular weight excluding hydrogens is 337 g/mol. The van der Waals surface area contributed by atoms with Crippen LogP contribution in [0.4, 0.5) is 48.3 Å². The molecule has 1 aliphatic rings. The van der Waals surface area contributed by atoms with Crippen molar-refractivity contribution in [1.82, 2.24) is 0 Å². The van der Waals surface area contributed by atoms with E-state index in [-0.39, 0.29) is 0 Å². The Hall–Kier alpha value is -0.593. The van der Waals surface area contributed by atoms with E-state index < -0.39 is 45.2 Å². The smallest absolute Gasteiger partial charge is 0.378 e. The fraction of sp³-hybridized carbons (Fsp3) is 1.00. The van der Waals surface area contributed by atoms with Crippen molar-refractivity contribution in [3.63, 3.8) is 0 Å². The van der Waals surface area contributed by atoms with Crippen LogP contribution < -0.4 is 0 Å². The van der Waals surface area contributed by atoms with Gasteiger partial charge in [0, 0.05) is 0 Å². The second-order valence-corrected chi connectivity index (χ2v) is 4.39. The predicted octanol–water partition coefficient (Wildman–Crippen LogP) is 3.53. The van der Waals surface area contributed by atoms with Gasteiger partial charge in [-0.25, -0.2) is 0 Å². The fourth-order valence-corrected chi connectivity index (χ4v) is 2.00. The van der Waals surface area contributed by atoms with Crippen molar-refractivity contribution in [2.45, 2.75) is 42.0 Å². The van der Waals surface area contributed by atoms with Crippen molar-refractivity contribution in [3.05, 3.63) is 0 Å². The lowest BCUT2D eigenvalue weighted by atomic mass is 9.79. The summed E-state index contributed by atoms with van der Waals surface area (Å²) in [5.41, 5.74) is 0. The zero-order valence-electron chi connectivity index (χ0n) is 9.07. The monoisotopic (exact) mass is 340 g/mol. The molecule has 118 valence electrons. The Morgan fingerprint density at radius 1 is 0.550 bits per heavy atom. The maximum atomic E-state index is 13.5. The van der Waals surface area contributed by atoms with Gasteiger partial charge < -0.3 is 4.43 Å². The summed E-state index contributed by atoms with van der Waals surface area (Å²) in [5.74, 6) is -41.5. The molecule has 0 unspecified atom stereocenters. The number of rotatable bonds is 2. The van der Waals surface area contributed by atoms with Gasteiger partial charge in [-0.05, 0) is 6.55 Å². The van der Waals surface area contributed by atoms with Gasteiger partial charge in [-0.3, -0.25) is 0 Å². The molecule has 0 aromatic carbocycles. The quantitative estimate of drug-likeness (QED) is 0.552. The van der Waals surface area contributed by atoms with Gasteiger partial charge in [0.1, 0.15) is 0 Å². The minimum absolute atomic E-state index is 0.566. The highest BCUT2D eigenvalue weighted by molar-refractivity contribution is 6.25. The molecule has 0 spiro atoms. The van der Waals surface area contributed by atoms with Gasteiger partial charge in [0.25, 0.3) is 0 Å². The summed E-state index contributed by atoms with van der Waals surface area (Å²) in [5, 5.41) is 0. The van der Waals surface area contributed by atoms with Crippen molar-refractivity contribution in [3.8, 4) is 0 Å². The van der Waals surface area contributed by atoms with Crippen LogP contribution in [-0.2, 0) is 4.43 Å². The second-order valence-electron chi connectivity index (χ2n) is 3.77. The molecule has 1 rings (SSSR count). The van der Waals surface area contributed by atoms with Gasteiger partial charge in [0.05, 0.1) is 0 Å². The minimum Gasteiger partial charge on any atom is -0.378 e. The van der Waals surface area contributed by atoms with Crippen molar-refractivity contribution in [2.24, 2.45) is 0 Å². The fourth-order valence-electron chi connectivity index (χ4n) is 1.46. The molecule has 0 atom stereocenters. The topological polar surface area (TPSA) is 9.23 Å². The molecule has 0 aromatic rings. The number of alkyl halides is 11. The van der Waals surface area contributed by atoms with E-state index in [1.54, 1.807) is 0 Å². The van der Waals surface area contributed by atoms with Crippen molar-refractivity contribution in [2.75, 3.05) is 0 Å². The summed E-state index contributed by atoms with van der Waals surface area (Å²) in [6.07, 6.45) is 0. The number of hydrogen-bond acceptors (Lipinski definition) is 1. The van der Waals surface area contributed by atoms with E-state index in [0.29, 0.717) is 6.55 Å². The molecule has 1 saturated carbocycles. The molecule has 1 nitrogen and oxygen atoms in total. The SMILES string of the molecule is C[Si]OC1(F)C(F)(F)C(F)(F)C(F)(F)C(F)(F)C1(F)F. The molecule has 13 heteroatoms. The van der Waals surface area contributed by atoms with E-state index in [1.807, 2.05) is 0 Å². The van der Waals surface area contributed by atoms with Crippen LogP contribution in [0.1, 0.15) is 0 Å². The van der Waals surface area contributed by atoms with Crippen LogP contribution in [0.15, 0.2) is 0 Å². The van der Waals surface area contributed by atoms with E-state index in [9.17, 15) is 48.3 Å². The summed E-state index contributed by atoms with van der Waals surface area (Å²) in [6.45, 7) is 0.566. The third-order valence-corrected chi connectivity index (χ3v) is 3.11. The summed E-state index contributed by atoms with van der Waals surface area (Å²) in [4.78, 5) is 0. The first-order valence-corrected chi connectivity index (χ1v) is 5.90. The van der Waals surface area contributed by atoms with E-state index >= 15 is 0 Å². The zero-order valence-corrected chi connectivity index (χ0v) is 10.1. The molecule has 0 amide bonds. The Balaban J connectivity index is 3.73. The van der Waals surface area contributed by atoms with Gasteiger partial charge >= 0.3 is 35.5 Å².